The fourth-order valence-corrected chi connectivity index (χ4v) is 4.24. The number of carbonyl (C=O) groups excluding carboxylic acids is 1. The number of aromatic nitrogens is 1. The molecule has 1 saturated heterocycles. The highest BCUT2D eigenvalue weighted by atomic mass is 16.5. The zero-order chi connectivity index (χ0) is 18.2. The van der Waals surface area contributed by atoms with Crippen LogP contribution in [-0.2, 0) is 11.3 Å². The van der Waals surface area contributed by atoms with E-state index in [0.29, 0.717) is 0 Å². The van der Waals surface area contributed by atoms with Gasteiger partial charge in [0.25, 0.3) is 5.91 Å². The number of fused-ring (bicyclic) bond motifs is 2. The fourth-order valence-electron chi connectivity index (χ4n) is 4.24. The van der Waals surface area contributed by atoms with Gasteiger partial charge in [-0.3, -0.25) is 4.79 Å². The van der Waals surface area contributed by atoms with E-state index >= 15 is 0 Å². The van der Waals surface area contributed by atoms with Crippen molar-refractivity contribution in [2.24, 2.45) is 0 Å². The van der Waals surface area contributed by atoms with Crippen LogP contribution in [0.1, 0.15) is 12.8 Å². The van der Waals surface area contributed by atoms with E-state index in [2.05, 4.69) is 51.3 Å². The predicted octanol–water partition coefficient (Wildman–Crippen LogP) is 3.74. The van der Waals surface area contributed by atoms with E-state index < -0.39 is 0 Å². The second-order valence-corrected chi connectivity index (χ2v) is 7.32. The molecule has 1 N–H and O–H groups in total. The second-order valence-electron chi connectivity index (χ2n) is 7.32. The summed E-state index contributed by atoms with van der Waals surface area (Å²) >= 11 is 0. The third-order valence-corrected chi connectivity index (χ3v) is 5.60. The van der Waals surface area contributed by atoms with Crippen molar-refractivity contribution in [3.63, 3.8) is 0 Å². The number of para-hydroxylation sites is 1. The summed E-state index contributed by atoms with van der Waals surface area (Å²) in [6, 6.07) is 14.5. The van der Waals surface area contributed by atoms with Gasteiger partial charge in [-0.25, -0.2) is 0 Å². The van der Waals surface area contributed by atoms with Crippen molar-refractivity contribution in [2.75, 3.05) is 31.6 Å². The van der Waals surface area contributed by atoms with Gasteiger partial charge in [-0.1, -0.05) is 24.3 Å². The molecule has 138 valence electrons. The number of hydrogen-bond donors (Lipinski definition) is 1. The SMILES string of the molecule is O=C1COc2c(cccc2-c2cccc3c2ccn3CCN2CCCC2)N1. The molecular formula is C22H23N3O2. The molecule has 0 radical (unpaired) electrons. The Balaban J connectivity index is 1.51. The Morgan fingerprint density at radius 3 is 2.67 bits per heavy atom. The Morgan fingerprint density at radius 2 is 1.78 bits per heavy atom. The summed E-state index contributed by atoms with van der Waals surface area (Å²) in [5.74, 6) is 0.653. The molecule has 2 aliphatic rings. The number of amides is 1. The van der Waals surface area contributed by atoms with Crippen LogP contribution < -0.4 is 10.1 Å². The van der Waals surface area contributed by atoms with Gasteiger partial charge in [0.15, 0.2) is 12.4 Å². The molecular weight excluding hydrogens is 338 g/mol. The molecule has 2 aromatic carbocycles. The van der Waals surface area contributed by atoms with Gasteiger partial charge in [0.1, 0.15) is 0 Å². The zero-order valence-corrected chi connectivity index (χ0v) is 15.3. The Labute approximate surface area is 158 Å². The molecule has 3 aromatic rings. The number of likely N-dealkylation sites (tertiary alicyclic amines) is 1. The van der Waals surface area contributed by atoms with E-state index in [-0.39, 0.29) is 12.5 Å². The summed E-state index contributed by atoms with van der Waals surface area (Å²) in [5.41, 5.74) is 4.15. The second kappa shape index (κ2) is 6.74. The van der Waals surface area contributed by atoms with Crippen molar-refractivity contribution in [2.45, 2.75) is 19.4 Å². The van der Waals surface area contributed by atoms with Crippen molar-refractivity contribution < 1.29 is 9.53 Å². The molecule has 3 heterocycles. The molecule has 27 heavy (non-hydrogen) atoms. The van der Waals surface area contributed by atoms with Crippen LogP contribution in [0.25, 0.3) is 22.0 Å². The largest absolute Gasteiger partial charge is 0.481 e. The smallest absolute Gasteiger partial charge is 0.262 e. The van der Waals surface area contributed by atoms with Gasteiger partial charge in [0.05, 0.1) is 5.69 Å². The standard InChI is InChI=1S/C22H23N3O2/c26-21-15-27-22-18(6-3-7-19(22)23-21)16-5-4-8-20-17(16)9-12-25(20)14-13-24-10-1-2-11-24/h3-9,12H,1-2,10-11,13-15H2,(H,23,26). The lowest BCUT2D eigenvalue weighted by Gasteiger charge is -2.21. The molecule has 0 aliphatic carbocycles. The van der Waals surface area contributed by atoms with E-state index in [4.69, 9.17) is 4.74 Å². The first-order valence-corrected chi connectivity index (χ1v) is 9.66. The van der Waals surface area contributed by atoms with Crippen LogP contribution in [-0.4, -0.2) is 41.6 Å². The molecule has 1 amide bonds. The Morgan fingerprint density at radius 1 is 0.963 bits per heavy atom. The minimum atomic E-state index is -0.106. The lowest BCUT2D eigenvalue weighted by molar-refractivity contribution is -0.118. The Kier molecular flexibility index (Phi) is 4.09. The third kappa shape index (κ3) is 2.98. The first kappa shape index (κ1) is 16.4. The van der Waals surface area contributed by atoms with Crippen LogP contribution in [0, 0.1) is 0 Å². The van der Waals surface area contributed by atoms with E-state index in [1.54, 1.807) is 0 Å². The van der Waals surface area contributed by atoms with Crippen LogP contribution in [0.2, 0.25) is 0 Å². The number of nitrogens with one attached hydrogen (secondary N) is 1. The normalized spacial score (nSPS) is 17.0. The molecule has 0 unspecified atom stereocenters. The van der Waals surface area contributed by atoms with Crippen molar-refractivity contribution in [3.05, 3.63) is 48.7 Å². The number of anilines is 1. The summed E-state index contributed by atoms with van der Waals surface area (Å²) in [6.45, 7) is 4.63. The summed E-state index contributed by atoms with van der Waals surface area (Å²) in [6.07, 6.45) is 4.83. The van der Waals surface area contributed by atoms with Crippen molar-refractivity contribution in [3.8, 4) is 16.9 Å². The van der Waals surface area contributed by atoms with E-state index in [9.17, 15) is 4.79 Å². The van der Waals surface area contributed by atoms with Gasteiger partial charge in [-0.2, -0.15) is 0 Å². The van der Waals surface area contributed by atoms with E-state index in [1.807, 2.05) is 12.1 Å². The number of benzene rings is 2. The predicted molar refractivity (Wildman–Crippen MR) is 107 cm³/mol. The maximum absolute atomic E-state index is 11.6. The van der Waals surface area contributed by atoms with Crippen molar-refractivity contribution in [1.82, 2.24) is 9.47 Å². The molecule has 1 fully saturated rings. The molecule has 5 heteroatoms. The van der Waals surface area contributed by atoms with Crippen LogP contribution in [0.15, 0.2) is 48.7 Å². The Bertz CT molecular complexity index is 1000. The van der Waals surface area contributed by atoms with Gasteiger partial charge >= 0.3 is 0 Å². The van der Waals surface area contributed by atoms with E-state index in [0.717, 1.165) is 35.7 Å². The van der Waals surface area contributed by atoms with Crippen LogP contribution in [0.3, 0.4) is 0 Å². The first-order chi connectivity index (χ1) is 13.3. The monoisotopic (exact) mass is 361 g/mol. The van der Waals surface area contributed by atoms with Gasteiger partial charge in [0, 0.05) is 35.8 Å². The molecule has 0 spiro atoms. The van der Waals surface area contributed by atoms with Crippen molar-refractivity contribution >= 4 is 22.5 Å². The number of carbonyl (C=O) groups is 1. The molecule has 5 rings (SSSR count). The summed E-state index contributed by atoms with van der Waals surface area (Å²) in [5, 5.41) is 4.12. The van der Waals surface area contributed by atoms with Gasteiger partial charge in [-0.05, 0) is 49.7 Å². The molecule has 2 aliphatic heterocycles. The molecule has 0 atom stereocenters. The lowest BCUT2D eigenvalue weighted by atomic mass is 9.99. The van der Waals surface area contributed by atoms with Crippen LogP contribution in [0.4, 0.5) is 5.69 Å². The van der Waals surface area contributed by atoms with Gasteiger partial charge < -0.3 is 19.5 Å². The van der Waals surface area contributed by atoms with Gasteiger partial charge in [0.2, 0.25) is 0 Å². The molecule has 5 nitrogen and oxygen atoms in total. The number of ether oxygens (including phenoxy) is 1. The highest BCUT2D eigenvalue weighted by Gasteiger charge is 2.21. The highest BCUT2D eigenvalue weighted by molar-refractivity contribution is 6.02. The molecule has 1 aromatic heterocycles. The summed E-state index contributed by atoms with van der Waals surface area (Å²) in [4.78, 5) is 14.2. The summed E-state index contributed by atoms with van der Waals surface area (Å²) < 4.78 is 8.11. The average Bonchev–Trinajstić information content (AvgIpc) is 3.35. The minimum absolute atomic E-state index is 0.0663. The summed E-state index contributed by atoms with van der Waals surface area (Å²) in [7, 11) is 0. The maximum Gasteiger partial charge on any atom is 0.262 e. The Hall–Kier alpha value is -2.79. The lowest BCUT2D eigenvalue weighted by Crippen LogP contribution is -2.25. The molecule has 0 bridgehead atoms. The van der Waals surface area contributed by atoms with Crippen LogP contribution in [0.5, 0.6) is 5.75 Å². The average molecular weight is 361 g/mol. The van der Waals surface area contributed by atoms with Gasteiger partial charge in [-0.15, -0.1) is 0 Å². The third-order valence-electron chi connectivity index (χ3n) is 5.60. The maximum atomic E-state index is 11.6. The first-order valence-electron chi connectivity index (χ1n) is 9.66. The number of hydrogen-bond acceptors (Lipinski definition) is 3. The topological polar surface area (TPSA) is 46.5 Å². The fraction of sp³-hybridized carbons (Fsp3) is 0.318. The number of rotatable bonds is 4. The zero-order valence-electron chi connectivity index (χ0n) is 15.3. The molecule has 0 saturated carbocycles. The quantitative estimate of drug-likeness (QED) is 0.770. The van der Waals surface area contributed by atoms with E-state index in [1.165, 1.54) is 36.8 Å². The number of nitrogens with zero attached hydrogens (tertiary/aromatic N) is 2. The minimum Gasteiger partial charge on any atom is -0.481 e. The van der Waals surface area contributed by atoms with Crippen LogP contribution >= 0.6 is 0 Å². The highest BCUT2D eigenvalue weighted by Crippen LogP contribution is 2.41. The van der Waals surface area contributed by atoms with Crippen molar-refractivity contribution in [1.29, 1.82) is 0 Å².